The van der Waals surface area contributed by atoms with Crippen LogP contribution >= 0.6 is 11.6 Å². The molecule has 1 heterocycles. The fourth-order valence-corrected chi connectivity index (χ4v) is 4.50. The van der Waals surface area contributed by atoms with Crippen LogP contribution in [0.15, 0.2) is 48.5 Å². The van der Waals surface area contributed by atoms with Crippen molar-refractivity contribution < 1.29 is 18.0 Å². The number of halogens is 1. The van der Waals surface area contributed by atoms with Gasteiger partial charge in [0.05, 0.1) is 11.5 Å². The van der Waals surface area contributed by atoms with E-state index in [-0.39, 0.29) is 23.5 Å². The topological polar surface area (TPSA) is 104 Å². The fraction of sp³-hybridized carbons (Fsp3) is 0.222. The lowest BCUT2D eigenvalue weighted by molar-refractivity contribution is 0.102. The van der Waals surface area contributed by atoms with Crippen LogP contribution in [-0.4, -0.2) is 37.9 Å². The third-order valence-electron chi connectivity index (χ3n) is 4.07. The average Bonchev–Trinajstić information content (AvgIpc) is 2.96. The standard InChI is InChI=1S/C18H18ClN3O4S/c19-13-3-7-14(8-4-13)20-17(23)12-1-5-15(6-2-12)21-18(24)22-16-9-10-27(25,26)11-16/h1-8,16H,9-11H2,(H,20,23)(H2,21,22,24). The van der Waals surface area contributed by atoms with E-state index in [2.05, 4.69) is 16.0 Å². The Hall–Kier alpha value is -2.58. The summed E-state index contributed by atoms with van der Waals surface area (Å²) in [5.41, 5.74) is 1.55. The van der Waals surface area contributed by atoms with Crippen molar-refractivity contribution in [2.24, 2.45) is 0 Å². The van der Waals surface area contributed by atoms with E-state index in [0.717, 1.165) is 0 Å². The number of carbonyl (C=O) groups excluding carboxylic acids is 2. The first kappa shape index (κ1) is 19.2. The van der Waals surface area contributed by atoms with Crippen LogP contribution in [0.25, 0.3) is 0 Å². The highest BCUT2D eigenvalue weighted by atomic mass is 35.5. The molecule has 1 atom stereocenters. The summed E-state index contributed by atoms with van der Waals surface area (Å²) in [5, 5.41) is 8.59. The van der Waals surface area contributed by atoms with Gasteiger partial charge in [-0.2, -0.15) is 0 Å². The maximum absolute atomic E-state index is 12.2. The van der Waals surface area contributed by atoms with Crippen LogP contribution in [0.4, 0.5) is 16.2 Å². The molecule has 27 heavy (non-hydrogen) atoms. The molecule has 0 spiro atoms. The number of amides is 3. The van der Waals surface area contributed by atoms with Gasteiger partial charge in [0, 0.05) is 28.0 Å². The Morgan fingerprint density at radius 1 is 0.926 bits per heavy atom. The molecular formula is C18H18ClN3O4S. The molecule has 1 aliphatic rings. The Morgan fingerprint density at radius 3 is 2.11 bits per heavy atom. The van der Waals surface area contributed by atoms with Gasteiger partial charge in [0.1, 0.15) is 0 Å². The van der Waals surface area contributed by atoms with Crippen molar-refractivity contribution in [1.82, 2.24) is 5.32 Å². The third-order valence-corrected chi connectivity index (χ3v) is 6.09. The van der Waals surface area contributed by atoms with Crippen LogP contribution in [0.5, 0.6) is 0 Å². The van der Waals surface area contributed by atoms with Crippen LogP contribution in [0.2, 0.25) is 5.02 Å². The lowest BCUT2D eigenvalue weighted by Crippen LogP contribution is -2.38. The number of hydrogen-bond acceptors (Lipinski definition) is 4. The molecule has 0 saturated carbocycles. The van der Waals surface area contributed by atoms with Crippen LogP contribution in [-0.2, 0) is 9.84 Å². The zero-order valence-corrected chi connectivity index (χ0v) is 15.8. The van der Waals surface area contributed by atoms with Gasteiger partial charge in [-0.1, -0.05) is 11.6 Å². The van der Waals surface area contributed by atoms with Crippen molar-refractivity contribution in [1.29, 1.82) is 0 Å². The third kappa shape index (κ3) is 5.45. The highest BCUT2D eigenvalue weighted by Gasteiger charge is 2.28. The van der Waals surface area contributed by atoms with Gasteiger partial charge in [0.25, 0.3) is 5.91 Å². The van der Waals surface area contributed by atoms with E-state index in [1.807, 2.05) is 0 Å². The second-order valence-electron chi connectivity index (χ2n) is 6.24. The van der Waals surface area contributed by atoms with Crippen molar-refractivity contribution in [3.63, 3.8) is 0 Å². The number of hydrogen-bond donors (Lipinski definition) is 3. The molecule has 2 aromatic rings. The van der Waals surface area contributed by atoms with Crippen molar-refractivity contribution >= 4 is 44.8 Å². The maximum atomic E-state index is 12.2. The van der Waals surface area contributed by atoms with Gasteiger partial charge in [-0.3, -0.25) is 4.79 Å². The van der Waals surface area contributed by atoms with Crippen LogP contribution in [0.3, 0.4) is 0 Å². The molecule has 1 aliphatic heterocycles. The molecule has 1 saturated heterocycles. The Balaban J connectivity index is 1.54. The molecule has 3 N–H and O–H groups in total. The van der Waals surface area contributed by atoms with E-state index in [4.69, 9.17) is 11.6 Å². The molecule has 0 aromatic heterocycles. The lowest BCUT2D eigenvalue weighted by atomic mass is 10.2. The molecule has 7 nitrogen and oxygen atoms in total. The Kier molecular flexibility index (Phi) is 5.67. The quantitative estimate of drug-likeness (QED) is 0.724. The predicted molar refractivity (Wildman–Crippen MR) is 105 cm³/mol. The number of urea groups is 1. The smallest absolute Gasteiger partial charge is 0.319 e. The largest absolute Gasteiger partial charge is 0.334 e. The van der Waals surface area contributed by atoms with Gasteiger partial charge >= 0.3 is 6.03 Å². The van der Waals surface area contributed by atoms with Crippen molar-refractivity contribution in [2.75, 3.05) is 22.1 Å². The van der Waals surface area contributed by atoms with Gasteiger partial charge < -0.3 is 16.0 Å². The molecule has 2 aromatic carbocycles. The molecule has 142 valence electrons. The van der Waals surface area contributed by atoms with Gasteiger partial charge in [-0.05, 0) is 55.0 Å². The second kappa shape index (κ2) is 7.98. The summed E-state index contributed by atoms with van der Waals surface area (Å²) in [5.74, 6) is -0.232. The summed E-state index contributed by atoms with van der Waals surface area (Å²) in [4.78, 5) is 24.2. The zero-order valence-electron chi connectivity index (χ0n) is 14.2. The number of sulfone groups is 1. The molecular weight excluding hydrogens is 390 g/mol. The fourth-order valence-electron chi connectivity index (χ4n) is 2.70. The van der Waals surface area contributed by atoms with Crippen molar-refractivity contribution in [3.8, 4) is 0 Å². The van der Waals surface area contributed by atoms with Crippen LogP contribution in [0.1, 0.15) is 16.8 Å². The van der Waals surface area contributed by atoms with E-state index in [9.17, 15) is 18.0 Å². The molecule has 3 rings (SSSR count). The number of rotatable bonds is 4. The summed E-state index contributed by atoms with van der Waals surface area (Å²) in [6.45, 7) is 0. The maximum Gasteiger partial charge on any atom is 0.319 e. The van der Waals surface area contributed by atoms with E-state index >= 15 is 0 Å². The molecule has 1 fully saturated rings. The first-order chi connectivity index (χ1) is 12.8. The van der Waals surface area contributed by atoms with Gasteiger partial charge in [-0.25, -0.2) is 13.2 Å². The Morgan fingerprint density at radius 2 is 1.52 bits per heavy atom. The number of nitrogens with one attached hydrogen (secondary N) is 3. The zero-order chi connectivity index (χ0) is 19.4. The minimum atomic E-state index is -3.05. The number of anilines is 2. The van der Waals surface area contributed by atoms with Gasteiger partial charge in [-0.15, -0.1) is 0 Å². The molecule has 9 heteroatoms. The molecule has 0 radical (unpaired) electrons. The number of benzene rings is 2. The van der Waals surface area contributed by atoms with E-state index in [1.54, 1.807) is 48.5 Å². The second-order valence-corrected chi connectivity index (χ2v) is 8.90. The molecule has 0 bridgehead atoms. The van der Waals surface area contributed by atoms with E-state index in [1.165, 1.54) is 0 Å². The summed E-state index contributed by atoms with van der Waals surface area (Å²) in [6.07, 6.45) is 0.416. The monoisotopic (exact) mass is 407 g/mol. The van der Waals surface area contributed by atoms with E-state index in [0.29, 0.717) is 28.4 Å². The minimum Gasteiger partial charge on any atom is -0.334 e. The summed E-state index contributed by atoms with van der Waals surface area (Å²) in [6, 6.07) is 12.3. The first-order valence-electron chi connectivity index (χ1n) is 8.26. The summed E-state index contributed by atoms with van der Waals surface area (Å²) < 4.78 is 22.8. The molecule has 3 amide bonds. The van der Waals surface area contributed by atoms with Crippen molar-refractivity contribution in [3.05, 3.63) is 59.1 Å². The summed E-state index contributed by atoms with van der Waals surface area (Å²) in [7, 11) is -3.05. The van der Waals surface area contributed by atoms with Crippen LogP contribution < -0.4 is 16.0 Å². The van der Waals surface area contributed by atoms with Crippen LogP contribution in [0, 0.1) is 0 Å². The highest BCUT2D eigenvalue weighted by molar-refractivity contribution is 7.91. The van der Waals surface area contributed by atoms with Gasteiger partial charge in [0.2, 0.25) is 0 Å². The van der Waals surface area contributed by atoms with Gasteiger partial charge in [0.15, 0.2) is 9.84 Å². The Labute approximate surface area is 162 Å². The summed E-state index contributed by atoms with van der Waals surface area (Å²) >= 11 is 5.81. The normalized spacial score (nSPS) is 17.9. The first-order valence-corrected chi connectivity index (χ1v) is 10.5. The number of carbonyl (C=O) groups is 2. The SMILES string of the molecule is O=C(Nc1ccc(C(=O)Nc2ccc(Cl)cc2)cc1)NC1CCS(=O)(=O)C1. The Bertz CT molecular complexity index is 944. The minimum absolute atomic E-state index is 0.0375. The highest BCUT2D eigenvalue weighted by Crippen LogP contribution is 2.16. The predicted octanol–water partition coefficient (Wildman–Crippen LogP) is 2.90. The van der Waals surface area contributed by atoms with E-state index < -0.39 is 15.9 Å². The van der Waals surface area contributed by atoms with Crippen molar-refractivity contribution in [2.45, 2.75) is 12.5 Å². The lowest BCUT2D eigenvalue weighted by Gasteiger charge is -2.12. The molecule has 1 unspecified atom stereocenters. The molecule has 0 aliphatic carbocycles. The average molecular weight is 408 g/mol.